The molecule has 0 spiro atoms. The van der Waals surface area contributed by atoms with Crippen molar-refractivity contribution in [3.8, 4) is 0 Å². The zero-order valence-corrected chi connectivity index (χ0v) is 18.9. The van der Waals surface area contributed by atoms with Gasteiger partial charge in [-0.1, -0.05) is 20.8 Å². The fourth-order valence-electron chi connectivity index (χ4n) is 6.06. The highest BCUT2D eigenvalue weighted by molar-refractivity contribution is 6.01. The summed E-state index contributed by atoms with van der Waals surface area (Å²) in [6.45, 7) is 7.10. The second-order valence-electron chi connectivity index (χ2n) is 11.2. The molecule has 5 rings (SSSR count). The fraction of sp³-hybridized carbons (Fsp3) is 0.640. The molecule has 6 nitrogen and oxygen atoms in total. The van der Waals surface area contributed by atoms with Gasteiger partial charge in [0.1, 0.15) is 0 Å². The average Bonchev–Trinajstić information content (AvgIpc) is 2.65. The molecule has 0 saturated heterocycles. The van der Waals surface area contributed by atoms with Gasteiger partial charge < -0.3 is 15.2 Å². The Morgan fingerprint density at radius 2 is 1.65 bits per heavy atom. The van der Waals surface area contributed by atoms with Gasteiger partial charge in [-0.2, -0.15) is 0 Å². The molecule has 4 aliphatic carbocycles. The molecule has 2 N–H and O–H groups in total. The first-order valence-corrected chi connectivity index (χ1v) is 11.3. The van der Waals surface area contributed by atoms with Crippen LogP contribution in [0.4, 0.5) is 5.69 Å². The van der Waals surface area contributed by atoms with Crippen LogP contribution in [0, 0.1) is 22.7 Å². The molecule has 1 aromatic rings. The van der Waals surface area contributed by atoms with E-state index in [0.717, 1.165) is 32.1 Å². The minimum absolute atomic E-state index is 0.105. The summed E-state index contributed by atoms with van der Waals surface area (Å²) in [6.07, 6.45) is 3.72. The number of esters is 1. The van der Waals surface area contributed by atoms with Gasteiger partial charge in [-0.25, -0.2) is 0 Å². The molecule has 31 heavy (non-hydrogen) atoms. The van der Waals surface area contributed by atoms with E-state index in [0.29, 0.717) is 29.5 Å². The standard InChI is InChI=1S/C25H33NO5/c1-15(20(27)18-5-7-19(8-6-18)26-21(28)23(2,3)4)31-22(29)24-10-16-9-17(11-24)13-25(30,12-16)14-24/h5-8,15-17,30H,9-14H2,1-4H3,(H,26,28)/t15-,16-,17+,24?,25?/m0/s1. The number of nitrogens with one attached hydrogen (secondary N) is 1. The number of Topliss-reactive ketones (excluding diaryl/α,β-unsaturated/α-hetero) is 1. The number of anilines is 1. The molecule has 0 heterocycles. The van der Waals surface area contributed by atoms with Crippen LogP contribution in [-0.2, 0) is 14.3 Å². The first-order chi connectivity index (χ1) is 14.4. The Morgan fingerprint density at radius 1 is 1.06 bits per heavy atom. The lowest BCUT2D eigenvalue weighted by Crippen LogP contribution is -2.58. The van der Waals surface area contributed by atoms with E-state index in [-0.39, 0.29) is 17.7 Å². The van der Waals surface area contributed by atoms with E-state index in [1.54, 1.807) is 31.2 Å². The number of aliphatic hydroxyl groups is 1. The van der Waals surface area contributed by atoms with Crippen molar-refractivity contribution in [2.45, 2.75) is 77.9 Å². The van der Waals surface area contributed by atoms with Crippen molar-refractivity contribution in [2.24, 2.45) is 22.7 Å². The van der Waals surface area contributed by atoms with Crippen LogP contribution in [0.25, 0.3) is 0 Å². The van der Waals surface area contributed by atoms with Gasteiger partial charge in [-0.15, -0.1) is 0 Å². The van der Waals surface area contributed by atoms with Crippen molar-refractivity contribution >= 4 is 23.3 Å². The SMILES string of the molecule is C[C@H](OC(=O)C12C[C@@H]3C[C@@H](CC(O)(C3)C1)C2)C(=O)c1ccc(NC(=O)C(C)(C)C)cc1. The number of benzene rings is 1. The first kappa shape index (κ1) is 22.0. The van der Waals surface area contributed by atoms with Crippen LogP contribution < -0.4 is 5.32 Å². The van der Waals surface area contributed by atoms with E-state index in [9.17, 15) is 19.5 Å². The molecule has 0 aliphatic heterocycles. The Labute approximate surface area is 183 Å². The zero-order chi connectivity index (χ0) is 22.6. The zero-order valence-electron chi connectivity index (χ0n) is 18.9. The lowest BCUT2D eigenvalue weighted by Gasteiger charge is -2.58. The van der Waals surface area contributed by atoms with Crippen LogP contribution in [0.5, 0.6) is 0 Å². The van der Waals surface area contributed by atoms with Crippen LogP contribution in [0.2, 0.25) is 0 Å². The van der Waals surface area contributed by atoms with Crippen molar-refractivity contribution < 1.29 is 24.2 Å². The normalized spacial score (nSPS) is 32.4. The van der Waals surface area contributed by atoms with Gasteiger partial charge in [-0.3, -0.25) is 14.4 Å². The van der Waals surface area contributed by atoms with Crippen molar-refractivity contribution in [1.82, 2.24) is 0 Å². The van der Waals surface area contributed by atoms with E-state index in [2.05, 4.69) is 5.32 Å². The Balaban J connectivity index is 1.40. The highest BCUT2D eigenvalue weighted by atomic mass is 16.5. The molecule has 4 saturated carbocycles. The third-order valence-electron chi connectivity index (χ3n) is 7.22. The summed E-state index contributed by atoms with van der Waals surface area (Å²) < 4.78 is 5.67. The van der Waals surface area contributed by atoms with Crippen LogP contribution in [-0.4, -0.2) is 34.5 Å². The van der Waals surface area contributed by atoms with E-state index in [1.807, 2.05) is 20.8 Å². The minimum atomic E-state index is -0.898. The molecule has 168 valence electrons. The molecule has 5 atom stereocenters. The van der Waals surface area contributed by atoms with Gasteiger partial charge in [0.25, 0.3) is 0 Å². The number of amides is 1. The molecule has 6 heteroatoms. The number of hydrogen-bond donors (Lipinski definition) is 2. The number of ether oxygens (including phenoxy) is 1. The number of carbonyl (C=O) groups is 3. The summed E-state index contributed by atoms with van der Waals surface area (Å²) in [6, 6.07) is 6.64. The predicted molar refractivity (Wildman–Crippen MR) is 116 cm³/mol. The van der Waals surface area contributed by atoms with Gasteiger partial charge in [0.2, 0.25) is 11.7 Å². The quantitative estimate of drug-likeness (QED) is 0.545. The fourth-order valence-corrected chi connectivity index (χ4v) is 6.06. The number of hydrogen-bond acceptors (Lipinski definition) is 5. The van der Waals surface area contributed by atoms with Gasteiger partial charge in [0.15, 0.2) is 6.10 Å². The van der Waals surface area contributed by atoms with Crippen molar-refractivity contribution in [2.75, 3.05) is 5.32 Å². The summed E-state index contributed by atoms with van der Waals surface area (Å²) in [7, 11) is 0. The third-order valence-corrected chi connectivity index (χ3v) is 7.22. The summed E-state index contributed by atoms with van der Waals surface area (Å²) >= 11 is 0. The third kappa shape index (κ3) is 4.27. The predicted octanol–water partition coefficient (Wildman–Crippen LogP) is 4.12. The van der Waals surface area contributed by atoms with Gasteiger partial charge >= 0.3 is 5.97 Å². The largest absolute Gasteiger partial charge is 0.454 e. The second-order valence-corrected chi connectivity index (χ2v) is 11.2. The van der Waals surface area contributed by atoms with Crippen molar-refractivity contribution in [3.05, 3.63) is 29.8 Å². The van der Waals surface area contributed by atoms with Crippen LogP contribution in [0.15, 0.2) is 24.3 Å². The summed E-state index contributed by atoms with van der Waals surface area (Å²) in [4.78, 5) is 38.1. The Hall–Kier alpha value is -2.21. The Kier molecular flexibility index (Phi) is 5.28. The molecule has 4 aliphatic rings. The molecule has 0 radical (unpaired) electrons. The van der Waals surface area contributed by atoms with Gasteiger partial charge in [0.05, 0.1) is 11.0 Å². The molecule has 2 unspecified atom stereocenters. The molecular formula is C25H33NO5. The summed E-state index contributed by atoms with van der Waals surface area (Å²) in [5, 5.41) is 13.7. The summed E-state index contributed by atoms with van der Waals surface area (Å²) in [5.41, 5.74) is -0.860. The topological polar surface area (TPSA) is 92.7 Å². The van der Waals surface area contributed by atoms with Crippen LogP contribution in [0.1, 0.15) is 76.6 Å². The molecule has 1 aromatic carbocycles. The number of ketones is 1. The first-order valence-electron chi connectivity index (χ1n) is 11.3. The highest BCUT2D eigenvalue weighted by Crippen LogP contribution is 2.62. The monoisotopic (exact) mass is 427 g/mol. The molecule has 4 bridgehead atoms. The average molecular weight is 428 g/mol. The van der Waals surface area contributed by atoms with E-state index < -0.39 is 22.5 Å². The minimum Gasteiger partial charge on any atom is -0.454 e. The highest BCUT2D eigenvalue weighted by Gasteiger charge is 2.61. The Bertz CT molecular complexity index is 883. The lowest BCUT2D eigenvalue weighted by molar-refractivity contribution is -0.197. The summed E-state index contributed by atoms with van der Waals surface area (Å²) in [5.74, 6) is 0.0350. The number of carbonyl (C=O) groups excluding carboxylic acids is 3. The van der Waals surface area contributed by atoms with Crippen molar-refractivity contribution in [1.29, 1.82) is 0 Å². The van der Waals surface area contributed by atoms with E-state index in [1.165, 1.54) is 0 Å². The maximum Gasteiger partial charge on any atom is 0.312 e. The smallest absolute Gasteiger partial charge is 0.312 e. The van der Waals surface area contributed by atoms with Gasteiger partial charge in [0, 0.05) is 16.7 Å². The Morgan fingerprint density at radius 3 is 2.16 bits per heavy atom. The molecular weight excluding hydrogens is 394 g/mol. The van der Waals surface area contributed by atoms with E-state index in [4.69, 9.17) is 4.74 Å². The number of rotatable bonds is 5. The second kappa shape index (κ2) is 7.44. The lowest BCUT2D eigenvalue weighted by atomic mass is 9.48. The molecule has 0 aromatic heterocycles. The molecule has 4 fully saturated rings. The van der Waals surface area contributed by atoms with Crippen LogP contribution in [0.3, 0.4) is 0 Å². The maximum atomic E-state index is 13.1. The molecule has 1 amide bonds. The van der Waals surface area contributed by atoms with Crippen molar-refractivity contribution in [3.63, 3.8) is 0 Å². The van der Waals surface area contributed by atoms with Crippen LogP contribution >= 0.6 is 0 Å². The van der Waals surface area contributed by atoms with E-state index >= 15 is 0 Å². The van der Waals surface area contributed by atoms with Gasteiger partial charge in [-0.05, 0) is 81.5 Å². The maximum absolute atomic E-state index is 13.1.